The molecule has 0 bridgehead atoms. The molecule has 0 saturated heterocycles. The highest BCUT2D eigenvalue weighted by molar-refractivity contribution is 6.24. The number of Topliss-reactive ketones (excluding diaryl/α,β-unsaturated/α-hetero) is 1. The SMILES string of the molecule is CNC1=C(c2cccc(C(F)(F)F)c2)C(=O)C(C2CCCC2)C1. The van der Waals surface area contributed by atoms with Crippen molar-refractivity contribution in [2.75, 3.05) is 7.05 Å². The first-order chi connectivity index (χ1) is 10.9. The molecule has 0 amide bonds. The van der Waals surface area contributed by atoms with Gasteiger partial charge in [-0.3, -0.25) is 4.79 Å². The molecule has 1 aromatic rings. The van der Waals surface area contributed by atoms with Crippen molar-refractivity contribution in [3.05, 3.63) is 41.1 Å². The fourth-order valence-electron chi connectivity index (χ4n) is 3.88. The number of carbonyl (C=O) groups is 1. The fraction of sp³-hybridized carbons (Fsp3) is 0.500. The normalized spacial score (nSPS) is 23.0. The summed E-state index contributed by atoms with van der Waals surface area (Å²) in [4.78, 5) is 12.8. The standard InChI is InChI=1S/C18H20F3NO/c1-22-15-10-14(11-5-2-3-6-11)17(23)16(15)12-7-4-8-13(9-12)18(19,20)21/h4,7-9,11,14,22H,2-3,5-6,10H2,1H3. The van der Waals surface area contributed by atoms with Crippen molar-refractivity contribution in [2.45, 2.75) is 38.3 Å². The maximum absolute atomic E-state index is 12.9. The zero-order valence-electron chi connectivity index (χ0n) is 13.0. The molecule has 1 atom stereocenters. The van der Waals surface area contributed by atoms with Gasteiger partial charge in [-0.05, 0) is 42.9 Å². The number of hydrogen-bond donors (Lipinski definition) is 1. The van der Waals surface area contributed by atoms with Gasteiger partial charge in [0.1, 0.15) is 0 Å². The van der Waals surface area contributed by atoms with E-state index in [-0.39, 0.29) is 11.7 Å². The van der Waals surface area contributed by atoms with Gasteiger partial charge in [0.2, 0.25) is 0 Å². The minimum absolute atomic E-state index is 0.000532. The van der Waals surface area contributed by atoms with Crippen molar-refractivity contribution in [1.82, 2.24) is 5.32 Å². The summed E-state index contributed by atoms with van der Waals surface area (Å²) in [6.07, 6.45) is 0.589. The second kappa shape index (κ2) is 6.02. The Morgan fingerprint density at radius 3 is 2.48 bits per heavy atom. The molecule has 0 heterocycles. The third-order valence-corrected chi connectivity index (χ3v) is 5.06. The van der Waals surface area contributed by atoms with Gasteiger partial charge in [-0.25, -0.2) is 0 Å². The Bertz CT molecular complexity index is 642. The number of rotatable bonds is 3. The number of benzene rings is 1. The molecule has 2 aliphatic rings. The summed E-state index contributed by atoms with van der Waals surface area (Å²) in [5.41, 5.74) is 0.867. The van der Waals surface area contributed by atoms with E-state index in [0.29, 0.717) is 23.5 Å². The van der Waals surface area contributed by atoms with Crippen LogP contribution in [0.1, 0.15) is 43.2 Å². The van der Waals surface area contributed by atoms with E-state index >= 15 is 0 Å². The molecule has 1 aromatic carbocycles. The molecule has 0 spiro atoms. The van der Waals surface area contributed by atoms with Crippen molar-refractivity contribution in [2.24, 2.45) is 11.8 Å². The number of halogens is 3. The van der Waals surface area contributed by atoms with Crippen molar-refractivity contribution >= 4 is 11.4 Å². The van der Waals surface area contributed by atoms with E-state index in [1.807, 2.05) is 0 Å². The van der Waals surface area contributed by atoms with Crippen LogP contribution in [-0.4, -0.2) is 12.8 Å². The fourth-order valence-corrected chi connectivity index (χ4v) is 3.88. The van der Waals surface area contributed by atoms with Crippen LogP contribution in [0.25, 0.3) is 5.57 Å². The maximum atomic E-state index is 12.9. The average Bonchev–Trinajstić information content (AvgIpc) is 3.13. The van der Waals surface area contributed by atoms with E-state index in [1.165, 1.54) is 6.07 Å². The molecule has 23 heavy (non-hydrogen) atoms. The molecular weight excluding hydrogens is 303 g/mol. The summed E-state index contributed by atoms with van der Waals surface area (Å²) in [6.45, 7) is 0. The molecule has 3 rings (SSSR count). The van der Waals surface area contributed by atoms with Crippen LogP contribution < -0.4 is 5.32 Å². The smallest absolute Gasteiger partial charge is 0.391 e. The Kier molecular flexibility index (Phi) is 4.21. The van der Waals surface area contributed by atoms with Crippen molar-refractivity contribution in [3.63, 3.8) is 0 Å². The molecule has 2 nitrogen and oxygen atoms in total. The number of alkyl halides is 3. The molecule has 0 aliphatic heterocycles. The van der Waals surface area contributed by atoms with Gasteiger partial charge in [0.25, 0.3) is 0 Å². The van der Waals surface area contributed by atoms with Crippen LogP contribution >= 0.6 is 0 Å². The van der Waals surface area contributed by atoms with E-state index in [0.717, 1.165) is 43.5 Å². The highest BCUT2D eigenvalue weighted by atomic mass is 19.4. The van der Waals surface area contributed by atoms with E-state index in [1.54, 1.807) is 13.1 Å². The summed E-state index contributed by atoms with van der Waals surface area (Å²) < 4.78 is 38.8. The summed E-state index contributed by atoms with van der Waals surface area (Å²) in [6, 6.07) is 5.09. The monoisotopic (exact) mass is 323 g/mol. The van der Waals surface area contributed by atoms with Crippen molar-refractivity contribution in [1.29, 1.82) is 0 Å². The van der Waals surface area contributed by atoms with Gasteiger partial charge >= 0.3 is 6.18 Å². The van der Waals surface area contributed by atoms with Crippen LogP contribution in [0, 0.1) is 11.8 Å². The minimum Gasteiger partial charge on any atom is -0.391 e. The Morgan fingerprint density at radius 1 is 1.17 bits per heavy atom. The molecule has 1 fully saturated rings. The second-order valence-electron chi connectivity index (χ2n) is 6.40. The largest absolute Gasteiger partial charge is 0.416 e. The number of nitrogens with one attached hydrogen (secondary N) is 1. The highest BCUT2D eigenvalue weighted by Gasteiger charge is 2.40. The first-order valence-electron chi connectivity index (χ1n) is 8.04. The first-order valence-corrected chi connectivity index (χ1v) is 8.04. The van der Waals surface area contributed by atoms with Gasteiger partial charge in [-0.2, -0.15) is 13.2 Å². The van der Waals surface area contributed by atoms with Gasteiger partial charge in [0.05, 0.1) is 5.56 Å². The molecule has 5 heteroatoms. The lowest BCUT2D eigenvalue weighted by molar-refractivity contribution is -0.137. The first kappa shape index (κ1) is 16.1. The molecule has 1 N–H and O–H groups in total. The van der Waals surface area contributed by atoms with Gasteiger partial charge in [-0.1, -0.05) is 25.0 Å². The topological polar surface area (TPSA) is 29.1 Å². The maximum Gasteiger partial charge on any atom is 0.416 e. The van der Waals surface area contributed by atoms with E-state index < -0.39 is 11.7 Å². The molecule has 0 radical (unpaired) electrons. The number of hydrogen-bond acceptors (Lipinski definition) is 2. The number of carbonyl (C=O) groups excluding carboxylic acids is 1. The van der Waals surface area contributed by atoms with Gasteiger partial charge < -0.3 is 5.32 Å². The number of allylic oxidation sites excluding steroid dienone is 2. The summed E-state index contributed by atoms with van der Waals surface area (Å²) >= 11 is 0. The van der Waals surface area contributed by atoms with Crippen LogP contribution in [-0.2, 0) is 11.0 Å². The van der Waals surface area contributed by atoms with Crippen LogP contribution in [0.15, 0.2) is 30.0 Å². The Morgan fingerprint density at radius 2 is 1.87 bits per heavy atom. The highest BCUT2D eigenvalue weighted by Crippen LogP contribution is 2.43. The lowest BCUT2D eigenvalue weighted by Gasteiger charge is -2.17. The summed E-state index contributed by atoms with van der Waals surface area (Å²) in [5.74, 6) is 0.291. The lowest BCUT2D eigenvalue weighted by atomic mass is 9.86. The molecule has 1 saturated carbocycles. The predicted octanol–water partition coefficient (Wildman–Crippen LogP) is 4.42. The minimum atomic E-state index is -4.40. The summed E-state index contributed by atoms with van der Waals surface area (Å²) in [7, 11) is 1.73. The van der Waals surface area contributed by atoms with Gasteiger partial charge in [0.15, 0.2) is 5.78 Å². The average molecular weight is 323 g/mol. The van der Waals surface area contributed by atoms with Crippen LogP contribution in [0.5, 0.6) is 0 Å². The predicted molar refractivity (Wildman–Crippen MR) is 82.5 cm³/mol. The van der Waals surface area contributed by atoms with Crippen LogP contribution in [0.3, 0.4) is 0 Å². The van der Waals surface area contributed by atoms with Crippen molar-refractivity contribution < 1.29 is 18.0 Å². The van der Waals surface area contributed by atoms with Gasteiger partial charge in [-0.15, -0.1) is 0 Å². The zero-order chi connectivity index (χ0) is 16.6. The van der Waals surface area contributed by atoms with Crippen LogP contribution in [0.2, 0.25) is 0 Å². The van der Waals surface area contributed by atoms with Crippen LogP contribution in [0.4, 0.5) is 13.2 Å². The zero-order valence-corrected chi connectivity index (χ0v) is 13.0. The van der Waals surface area contributed by atoms with E-state index in [9.17, 15) is 18.0 Å². The molecular formula is C18H20F3NO. The Hall–Kier alpha value is -1.78. The van der Waals surface area contributed by atoms with E-state index in [2.05, 4.69) is 5.32 Å². The third-order valence-electron chi connectivity index (χ3n) is 5.06. The summed E-state index contributed by atoms with van der Waals surface area (Å²) in [5, 5.41) is 3.03. The Labute approximate surface area is 133 Å². The Balaban J connectivity index is 1.95. The molecule has 124 valence electrons. The van der Waals surface area contributed by atoms with Crippen molar-refractivity contribution in [3.8, 4) is 0 Å². The molecule has 2 aliphatic carbocycles. The lowest BCUT2D eigenvalue weighted by Crippen LogP contribution is -2.18. The number of ketones is 1. The second-order valence-corrected chi connectivity index (χ2v) is 6.40. The van der Waals surface area contributed by atoms with E-state index in [4.69, 9.17) is 0 Å². The third kappa shape index (κ3) is 3.01. The quantitative estimate of drug-likeness (QED) is 0.892. The van der Waals surface area contributed by atoms with Gasteiger partial charge in [0, 0.05) is 24.2 Å². The molecule has 0 aromatic heterocycles. The molecule has 1 unspecified atom stereocenters.